The van der Waals surface area contributed by atoms with E-state index in [9.17, 15) is 9.90 Å². The molecule has 1 unspecified atom stereocenters. The van der Waals surface area contributed by atoms with Crippen molar-refractivity contribution in [3.8, 4) is 0 Å². The molecule has 3 N–H and O–H groups in total. The summed E-state index contributed by atoms with van der Waals surface area (Å²) < 4.78 is 0. The van der Waals surface area contributed by atoms with Crippen molar-refractivity contribution in [2.24, 2.45) is 5.73 Å². The number of aliphatic hydroxyl groups is 1. The third-order valence-electron chi connectivity index (χ3n) is 3.13. The van der Waals surface area contributed by atoms with Crippen molar-refractivity contribution in [3.05, 3.63) is 0 Å². The summed E-state index contributed by atoms with van der Waals surface area (Å²) in [6.45, 7) is 5.10. The van der Waals surface area contributed by atoms with Gasteiger partial charge in [-0.3, -0.25) is 4.79 Å². The zero-order valence-electron chi connectivity index (χ0n) is 9.70. The molecule has 2 atom stereocenters. The maximum atomic E-state index is 11.8. The highest BCUT2D eigenvalue weighted by Crippen LogP contribution is 2.21. The molecule has 4 heteroatoms. The van der Waals surface area contributed by atoms with Gasteiger partial charge < -0.3 is 15.7 Å². The van der Waals surface area contributed by atoms with Crippen LogP contribution in [0.2, 0.25) is 0 Å². The fourth-order valence-corrected chi connectivity index (χ4v) is 1.89. The maximum absolute atomic E-state index is 11.8. The summed E-state index contributed by atoms with van der Waals surface area (Å²) >= 11 is 0. The number of nitrogens with zero attached hydrogens (tertiary/aromatic N) is 1. The zero-order chi connectivity index (χ0) is 11.5. The molecule has 1 heterocycles. The second-order valence-corrected chi connectivity index (χ2v) is 4.69. The molecule has 1 rings (SSSR count). The lowest BCUT2D eigenvalue weighted by atomic mass is 9.98. The predicted octanol–water partition coefficient (Wildman–Crippen LogP) is 0.487. The molecule has 0 aliphatic carbocycles. The van der Waals surface area contributed by atoms with Crippen LogP contribution in [0, 0.1) is 0 Å². The average Bonchev–Trinajstić information content (AvgIpc) is 2.37. The number of carbonyl (C=O) groups is 1. The summed E-state index contributed by atoms with van der Waals surface area (Å²) in [4.78, 5) is 13.6. The van der Waals surface area contributed by atoms with Crippen molar-refractivity contribution in [2.45, 2.75) is 51.2 Å². The smallest absolute Gasteiger partial charge is 0.239 e. The van der Waals surface area contributed by atoms with Crippen molar-refractivity contribution >= 4 is 5.91 Å². The van der Waals surface area contributed by atoms with Crippen LogP contribution in [-0.2, 0) is 4.79 Å². The van der Waals surface area contributed by atoms with Crippen molar-refractivity contribution < 1.29 is 9.90 Å². The summed E-state index contributed by atoms with van der Waals surface area (Å²) in [6, 6.07) is -0.381. The standard InChI is InChI=1S/C11H22N2O2/c1-3-9(12)10(14)13-7-4-5-11(2,15)6-8-13/h9,15H,3-8,12H2,1-2H3/t9-,11?/m1/s1. The van der Waals surface area contributed by atoms with E-state index in [4.69, 9.17) is 5.73 Å². The molecule has 0 aromatic rings. The molecule has 1 amide bonds. The van der Waals surface area contributed by atoms with Gasteiger partial charge in [-0.05, 0) is 32.6 Å². The number of amides is 1. The molecule has 1 aliphatic rings. The van der Waals surface area contributed by atoms with Crippen molar-refractivity contribution in [1.82, 2.24) is 4.90 Å². The summed E-state index contributed by atoms with van der Waals surface area (Å²) in [5.41, 5.74) is 5.09. The monoisotopic (exact) mass is 214 g/mol. The quantitative estimate of drug-likeness (QED) is 0.703. The highest BCUT2D eigenvalue weighted by molar-refractivity contribution is 5.81. The predicted molar refractivity (Wildman–Crippen MR) is 59.3 cm³/mol. The first-order valence-corrected chi connectivity index (χ1v) is 5.73. The van der Waals surface area contributed by atoms with E-state index >= 15 is 0 Å². The Bertz CT molecular complexity index is 229. The fourth-order valence-electron chi connectivity index (χ4n) is 1.89. The van der Waals surface area contributed by atoms with E-state index in [-0.39, 0.29) is 11.9 Å². The van der Waals surface area contributed by atoms with Crippen LogP contribution in [-0.4, -0.2) is 40.6 Å². The van der Waals surface area contributed by atoms with Crippen molar-refractivity contribution in [2.75, 3.05) is 13.1 Å². The number of likely N-dealkylation sites (tertiary alicyclic amines) is 1. The highest BCUT2D eigenvalue weighted by Gasteiger charge is 2.28. The first-order valence-electron chi connectivity index (χ1n) is 5.73. The van der Waals surface area contributed by atoms with Gasteiger partial charge in [0, 0.05) is 13.1 Å². The van der Waals surface area contributed by atoms with Gasteiger partial charge in [0.05, 0.1) is 11.6 Å². The first-order chi connectivity index (χ1) is 6.96. The van der Waals surface area contributed by atoms with Crippen molar-refractivity contribution in [3.63, 3.8) is 0 Å². The molecule has 1 aliphatic heterocycles. The van der Waals surface area contributed by atoms with E-state index in [0.29, 0.717) is 19.4 Å². The van der Waals surface area contributed by atoms with E-state index in [1.165, 1.54) is 0 Å². The van der Waals surface area contributed by atoms with Crippen LogP contribution >= 0.6 is 0 Å². The Balaban J connectivity index is 2.54. The molecule has 1 saturated heterocycles. The lowest BCUT2D eigenvalue weighted by Crippen LogP contribution is -2.44. The largest absolute Gasteiger partial charge is 0.390 e. The summed E-state index contributed by atoms with van der Waals surface area (Å²) in [5, 5.41) is 9.88. The van der Waals surface area contributed by atoms with Crippen LogP contribution < -0.4 is 5.73 Å². The Labute approximate surface area is 91.4 Å². The van der Waals surface area contributed by atoms with E-state index in [1.54, 1.807) is 4.90 Å². The molecular formula is C11H22N2O2. The Morgan fingerprint density at radius 3 is 2.80 bits per heavy atom. The van der Waals surface area contributed by atoms with Gasteiger partial charge in [0.15, 0.2) is 0 Å². The molecule has 0 saturated carbocycles. The minimum absolute atomic E-state index is 0.0233. The summed E-state index contributed by atoms with van der Waals surface area (Å²) in [6.07, 6.45) is 2.94. The third kappa shape index (κ3) is 3.47. The number of nitrogens with two attached hydrogens (primary N) is 1. The molecule has 15 heavy (non-hydrogen) atoms. The second-order valence-electron chi connectivity index (χ2n) is 4.69. The van der Waals surface area contributed by atoms with Gasteiger partial charge in [-0.25, -0.2) is 0 Å². The molecular weight excluding hydrogens is 192 g/mol. The topological polar surface area (TPSA) is 66.6 Å². The van der Waals surface area contributed by atoms with E-state index in [1.807, 2.05) is 13.8 Å². The first kappa shape index (κ1) is 12.5. The van der Waals surface area contributed by atoms with Gasteiger partial charge >= 0.3 is 0 Å². The van der Waals surface area contributed by atoms with Gasteiger partial charge in [-0.15, -0.1) is 0 Å². The maximum Gasteiger partial charge on any atom is 0.239 e. The third-order valence-corrected chi connectivity index (χ3v) is 3.13. The number of hydrogen-bond donors (Lipinski definition) is 2. The molecule has 0 aromatic heterocycles. The molecule has 0 bridgehead atoms. The highest BCUT2D eigenvalue weighted by atomic mass is 16.3. The molecule has 0 radical (unpaired) electrons. The van der Waals surface area contributed by atoms with Crippen molar-refractivity contribution in [1.29, 1.82) is 0 Å². The minimum atomic E-state index is -0.620. The molecule has 0 spiro atoms. The van der Waals surface area contributed by atoms with Gasteiger partial charge in [-0.1, -0.05) is 6.92 Å². The molecule has 88 valence electrons. The van der Waals surface area contributed by atoms with Gasteiger partial charge in [0.2, 0.25) is 5.91 Å². The van der Waals surface area contributed by atoms with Crippen LogP contribution in [0.5, 0.6) is 0 Å². The Morgan fingerprint density at radius 2 is 2.20 bits per heavy atom. The lowest BCUT2D eigenvalue weighted by Gasteiger charge is -2.24. The van der Waals surface area contributed by atoms with Crippen LogP contribution in [0.15, 0.2) is 0 Å². The minimum Gasteiger partial charge on any atom is -0.390 e. The SMILES string of the molecule is CC[C@@H](N)C(=O)N1CCCC(C)(O)CC1. The van der Waals surface area contributed by atoms with Crippen LogP contribution in [0.3, 0.4) is 0 Å². The Kier molecular flexibility index (Phi) is 4.11. The van der Waals surface area contributed by atoms with E-state index in [2.05, 4.69) is 0 Å². The molecule has 4 nitrogen and oxygen atoms in total. The summed E-state index contributed by atoms with van der Waals surface area (Å²) in [7, 11) is 0. The van der Waals surface area contributed by atoms with Gasteiger partial charge in [-0.2, -0.15) is 0 Å². The van der Waals surface area contributed by atoms with E-state index in [0.717, 1.165) is 19.4 Å². The summed E-state index contributed by atoms with van der Waals surface area (Å²) in [5.74, 6) is 0.0233. The van der Waals surface area contributed by atoms with Gasteiger partial charge in [0.25, 0.3) is 0 Å². The molecule has 1 fully saturated rings. The van der Waals surface area contributed by atoms with Crippen LogP contribution in [0.1, 0.15) is 39.5 Å². The fraction of sp³-hybridized carbons (Fsp3) is 0.909. The van der Waals surface area contributed by atoms with E-state index < -0.39 is 5.60 Å². The Morgan fingerprint density at radius 1 is 1.53 bits per heavy atom. The number of hydrogen-bond acceptors (Lipinski definition) is 3. The second kappa shape index (κ2) is 4.94. The van der Waals surface area contributed by atoms with Crippen LogP contribution in [0.25, 0.3) is 0 Å². The van der Waals surface area contributed by atoms with Crippen LogP contribution in [0.4, 0.5) is 0 Å². The Hall–Kier alpha value is -0.610. The number of carbonyl (C=O) groups excluding carboxylic acids is 1. The average molecular weight is 214 g/mol. The van der Waals surface area contributed by atoms with Gasteiger partial charge in [0.1, 0.15) is 0 Å². The zero-order valence-corrected chi connectivity index (χ0v) is 9.70. The lowest BCUT2D eigenvalue weighted by molar-refractivity contribution is -0.132. The number of rotatable bonds is 2. The normalized spacial score (nSPS) is 29.7. The molecule has 0 aromatic carbocycles.